The number of rotatable bonds is 5. The first-order valence-electron chi connectivity index (χ1n) is 10.8. The summed E-state index contributed by atoms with van der Waals surface area (Å²) >= 11 is 0. The van der Waals surface area contributed by atoms with E-state index in [0.29, 0.717) is 17.1 Å². The SMILES string of the molecule is Cc1ccn2cc(-c3ccc(C)c(NC(=O)c4ccccc4Oc4ccccc4)c3)nc2c1. The van der Waals surface area contributed by atoms with Crippen LogP contribution in [0.2, 0.25) is 0 Å². The number of ether oxygens (including phenoxy) is 1. The van der Waals surface area contributed by atoms with Gasteiger partial charge in [-0.25, -0.2) is 4.98 Å². The van der Waals surface area contributed by atoms with Crippen molar-refractivity contribution in [2.45, 2.75) is 13.8 Å². The summed E-state index contributed by atoms with van der Waals surface area (Å²) in [5.74, 6) is 0.955. The number of hydrogen-bond donors (Lipinski definition) is 1. The Morgan fingerprint density at radius 1 is 0.909 bits per heavy atom. The lowest BCUT2D eigenvalue weighted by molar-refractivity contribution is 0.102. The molecule has 0 bridgehead atoms. The zero-order valence-electron chi connectivity index (χ0n) is 18.4. The molecule has 0 fully saturated rings. The highest BCUT2D eigenvalue weighted by Gasteiger charge is 2.15. The van der Waals surface area contributed by atoms with E-state index in [2.05, 4.69) is 5.32 Å². The van der Waals surface area contributed by atoms with Crippen molar-refractivity contribution in [2.75, 3.05) is 5.32 Å². The number of hydrogen-bond acceptors (Lipinski definition) is 3. The molecule has 33 heavy (non-hydrogen) atoms. The first-order chi connectivity index (χ1) is 16.1. The number of imidazole rings is 1. The second-order valence-electron chi connectivity index (χ2n) is 7.99. The maximum atomic E-state index is 13.2. The minimum absolute atomic E-state index is 0.229. The van der Waals surface area contributed by atoms with Gasteiger partial charge in [0.15, 0.2) is 0 Å². The molecule has 0 saturated heterocycles. The minimum atomic E-state index is -0.229. The Balaban J connectivity index is 1.43. The normalized spacial score (nSPS) is 10.8. The molecule has 0 spiro atoms. The molecule has 5 nitrogen and oxygen atoms in total. The van der Waals surface area contributed by atoms with Crippen LogP contribution in [0.25, 0.3) is 16.9 Å². The molecular formula is C28H23N3O2. The largest absolute Gasteiger partial charge is 0.457 e. The van der Waals surface area contributed by atoms with E-state index in [1.807, 2.05) is 103 Å². The van der Waals surface area contributed by atoms with Gasteiger partial charge in [-0.05, 0) is 67.4 Å². The van der Waals surface area contributed by atoms with E-state index in [4.69, 9.17) is 9.72 Å². The van der Waals surface area contributed by atoms with Crippen LogP contribution in [-0.2, 0) is 0 Å². The topological polar surface area (TPSA) is 55.6 Å². The lowest BCUT2D eigenvalue weighted by atomic mass is 10.1. The van der Waals surface area contributed by atoms with Crippen molar-refractivity contribution in [3.8, 4) is 22.8 Å². The van der Waals surface area contributed by atoms with Crippen LogP contribution in [0.4, 0.5) is 5.69 Å². The summed E-state index contributed by atoms with van der Waals surface area (Å²) in [6, 6.07) is 26.7. The van der Waals surface area contributed by atoms with Crippen LogP contribution in [0.3, 0.4) is 0 Å². The monoisotopic (exact) mass is 433 g/mol. The van der Waals surface area contributed by atoms with Gasteiger partial charge in [0.25, 0.3) is 5.91 Å². The van der Waals surface area contributed by atoms with Crippen LogP contribution < -0.4 is 10.1 Å². The second-order valence-corrected chi connectivity index (χ2v) is 7.99. The van der Waals surface area contributed by atoms with Gasteiger partial charge >= 0.3 is 0 Å². The fourth-order valence-corrected chi connectivity index (χ4v) is 3.69. The second kappa shape index (κ2) is 8.63. The predicted octanol–water partition coefficient (Wildman–Crippen LogP) is 6.66. The van der Waals surface area contributed by atoms with Crippen LogP contribution in [-0.4, -0.2) is 15.3 Å². The molecule has 0 aliphatic carbocycles. The van der Waals surface area contributed by atoms with E-state index in [-0.39, 0.29) is 5.91 Å². The first kappa shape index (κ1) is 20.5. The number of nitrogens with zero attached hydrogens (tertiary/aromatic N) is 2. The first-order valence-corrected chi connectivity index (χ1v) is 10.8. The van der Waals surface area contributed by atoms with Crippen LogP contribution in [0, 0.1) is 13.8 Å². The molecule has 3 aromatic carbocycles. The van der Waals surface area contributed by atoms with Gasteiger partial charge in [-0.3, -0.25) is 4.79 Å². The third-order valence-electron chi connectivity index (χ3n) is 5.50. The number of pyridine rings is 1. The van der Waals surface area contributed by atoms with E-state index < -0.39 is 0 Å². The molecule has 5 aromatic rings. The van der Waals surface area contributed by atoms with Crippen molar-refractivity contribution in [2.24, 2.45) is 0 Å². The predicted molar refractivity (Wildman–Crippen MR) is 131 cm³/mol. The van der Waals surface area contributed by atoms with Gasteiger partial charge < -0.3 is 14.5 Å². The fraction of sp³-hybridized carbons (Fsp3) is 0.0714. The number of para-hydroxylation sites is 2. The summed E-state index contributed by atoms with van der Waals surface area (Å²) < 4.78 is 7.96. The molecule has 2 heterocycles. The smallest absolute Gasteiger partial charge is 0.259 e. The Morgan fingerprint density at radius 2 is 1.70 bits per heavy atom. The van der Waals surface area contributed by atoms with Crippen LogP contribution in [0.15, 0.2) is 97.3 Å². The van der Waals surface area contributed by atoms with Crippen molar-refractivity contribution in [1.82, 2.24) is 9.38 Å². The number of carbonyl (C=O) groups is 1. The number of benzene rings is 3. The molecular weight excluding hydrogens is 410 g/mol. The van der Waals surface area contributed by atoms with Gasteiger partial charge in [-0.1, -0.05) is 42.5 Å². The highest BCUT2D eigenvalue weighted by molar-refractivity contribution is 6.06. The maximum Gasteiger partial charge on any atom is 0.259 e. The average Bonchev–Trinajstić information content (AvgIpc) is 3.24. The van der Waals surface area contributed by atoms with Crippen molar-refractivity contribution >= 4 is 17.2 Å². The van der Waals surface area contributed by atoms with Gasteiger partial charge in [0, 0.05) is 23.6 Å². The number of fused-ring (bicyclic) bond motifs is 1. The molecule has 5 heteroatoms. The van der Waals surface area contributed by atoms with Gasteiger partial charge in [-0.15, -0.1) is 0 Å². The Labute approximate surface area is 192 Å². The number of carbonyl (C=O) groups excluding carboxylic acids is 1. The number of nitrogens with one attached hydrogen (secondary N) is 1. The molecule has 0 saturated carbocycles. The zero-order valence-corrected chi connectivity index (χ0v) is 18.4. The standard InChI is InChI=1S/C28H23N3O2/c1-19-14-15-31-18-25(29-27(31)16-19)21-13-12-20(2)24(17-21)30-28(32)23-10-6-7-11-26(23)33-22-8-4-3-5-9-22/h3-18H,1-2H3,(H,30,32). The van der Waals surface area contributed by atoms with Gasteiger partial charge in [0.05, 0.1) is 11.3 Å². The van der Waals surface area contributed by atoms with Crippen molar-refractivity contribution in [1.29, 1.82) is 0 Å². The molecule has 0 radical (unpaired) electrons. The average molecular weight is 434 g/mol. The molecule has 0 atom stereocenters. The van der Waals surface area contributed by atoms with E-state index in [1.165, 1.54) is 0 Å². The van der Waals surface area contributed by atoms with Crippen molar-refractivity contribution in [3.05, 3.63) is 114 Å². The molecule has 2 aromatic heterocycles. The Morgan fingerprint density at radius 3 is 2.55 bits per heavy atom. The Kier molecular flexibility index (Phi) is 5.37. The van der Waals surface area contributed by atoms with Crippen LogP contribution in [0.1, 0.15) is 21.5 Å². The van der Waals surface area contributed by atoms with Crippen LogP contribution >= 0.6 is 0 Å². The Hall–Kier alpha value is -4.38. The fourth-order valence-electron chi connectivity index (χ4n) is 3.69. The Bertz CT molecular complexity index is 1460. The van der Waals surface area contributed by atoms with Gasteiger partial charge in [0.2, 0.25) is 0 Å². The lowest BCUT2D eigenvalue weighted by Crippen LogP contribution is -2.14. The molecule has 1 N–H and O–H groups in total. The van der Waals surface area contributed by atoms with Crippen molar-refractivity contribution in [3.63, 3.8) is 0 Å². The molecule has 0 aliphatic heterocycles. The van der Waals surface area contributed by atoms with E-state index in [9.17, 15) is 4.79 Å². The highest BCUT2D eigenvalue weighted by Crippen LogP contribution is 2.29. The number of anilines is 1. The van der Waals surface area contributed by atoms with E-state index in [1.54, 1.807) is 12.1 Å². The van der Waals surface area contributed by atoms with E-state index >= 15 is 0 Å². The van der Waals surface area contributed by atoms with Crippen molar-refractivity contribution < 1.29 is 9.53 Å². The number of aromatic nitrogens is 2. The van der Waals surface area contributed by atoms with Gasteiger partial charge in [0.1, 0.15) is 17.1 Å². The number of aryl methyl sites for hydroxylation is 2. The quantitative estimate of drug-likeness (QED) is 0.337. The third-order valence-corrected chi connectivity index (χ3v) is 5.50. The molecule has 162 valence electrons. The highest BCUT2D eigenvalue weighted by atomic mass is 16.5. The summed E-state index contributed by atoms with van der Waals surface area (Å²) in [5, 5.41) is 3.05. The summed E-state index contributed by atoms with van der Waals surface area (Å²) in [7, 11) is 0. The molecule has 5 rings (SSSR count). The maximum absolute atomic E-state index is 13.2. The summed E-state index contributed by atoms with van der Waals surface area (Å²) in [4.78, 5) is 17.9. The summed E-state index contributed by atoms with van der Waals surface area (Å²) in [6.07, 6.45) is 4.00. The van der Waals surface area contributed by atoms with Gasteiger partial charge in [-0.2, -0.15) is 0 Å². The third kappa shape index (κ3) is 4.34. The summed E-state index contributed by atoms with van der Waals surface area (Å²) in [5.41, 5.74) is 6.01. The molecule has 1 amide bonds. The lowest BCUT2D eigenvalue weighted by Gasteiger charge is -2.13. The molecule has 0 unspecified atom stereocenters. The number of amides is 1. The zero-order chi connectivity index (χ0) is 22.8. The van der Waals surface area contributed by atoms with Crippen LogP contribution in [0.5, 0.6) is 11.5 Å². The minimum Gasteiger partial charge on any atom is -0.457 e. The van der Waals surface area contributed by atoms with E-state index in [0.717, 1.165) is 33.7 Å². The molecule has 0 aliphatic rings. The summed E-state index contributed by atoms with van der Waals surface area (Å²) in [6.45, 7) is 4.02.